The molecule has 0 fully saturated rings. The molecule has 122 valence electrons. The highest BCUT2D eigenvalue weighted by Gasteiger charge is 2.13. The zero-order valence-electron chi connectivity index (χ0n) is 14.0. The van der Waals surface area contributed by atoms with E-state index in [-0.39, 0.29) is 5.91 Å². The second-order valence-corrected chi connectivity index (χ2v) is 5.61. The number of ether oxygens (including phenoxy) is 1. The molecule has 2 aromatic carbocycles. The van der Waals surface area contributed by atoms with Crippen molar-refractivity contribution in [3.8, 4) is 17.1 Å². The first-order chi connectivity index (χ1) is 11.6. The Morgan fingerprint density at radius 2 is 1.67 bits per heavy atom. The van der Waals surface area contributed by atoms with Gasteiger partial charge in [0.05, 0.1) is 6.61 Å². The van der Waals surface area contributed by atoms with Gasteiger partial charge < -0.3 is 9.64 Å². The van der Waals surface area contributed by atoms with Crippen molar-refractivity contribution in [3.63, 3.8) is 0 Å². The number of aromatic nitrogens is 2. The van der Waals surface area contributed by atoms with E-state index in [9.17, 15) is 4.79 Å². The molecule has 0 radical (unpaired) electrons. The van der Waals surface area contributed by atoms with Crippen LogP contribution >= 0.6 is 0 Å². The summed E-state index contributed by atoms with van der Waals surface area (Å²) in [5.74, 6) is 0.514. The molecular formula is C19H19N3O2. The van der Waals surface area contributed by atoms with Crippen molar-refractivity contribution in [1.29, 1.82) is 0 Å². The number of carbonyl (C=O) groups is 1. The van der Waals surface area contributed by atoms with Gasteiger partial charge in [-0.05, 0) is 25.1 Å². The molecule has 0 spiro atoms. The summed E-state index contributed by atoms with van der Waals surface area (Å²) in [5, 5.41) is 10.4. The molecule has 1 amide bonds. The van der Waals surface area contributed by atoms with E-state index in [2.05, 4.69) is 10.2 Å². The zero-order valence-corrected chi connectivity index (χ0v) is 14.0. The fraction of sp³-hybridized carbons (Fsp3) is 0.211. The molecule has 0 N–H and O–H groups in total. The highest BCUT2D eigenvalue weighted by Crippen LogP contribution is 2.30. The van der Waals surface area contributed by atoms with Crippen LogP contribution in [-0.2, 0) is 0 Å². The largest absolute Gasteiger partial charge is 0.476 e. The first-order valence-electron chi connectivity index (χ1n) is 7.82. The minimum atomic E-state index is -0.0239. The van der Waals surface area contributed by atoms with E-state index in [0.717, 1.165) is 22.0 Å². The third-order valence-corrected chi connectivity index (χ3v) is 3.75. The lowest BCUT2D eigenvalue weighted by Crippen LogP contribution is -2.21. The van der Waals surface area contributed by atoms with Gasteiger partial charge in [-0.15, -0.1) is 10.2 Å². The summed E-state index contributed by atoms with van der Waals surface area (Å²) in [4.78, 5) is 13.6. The Kier molecular flexibility index (Phi) is 4.42. The van der Waals surface area contributed by atoms with Crippen LogP contribution in [0.4, 0.5) is 0 Å². The summed E-state index contributed by atoms with van der Waals surface area (Å²) >= 11 is 0. The van der Waals surface area contributed by atoms with Crippen LogP contribution < -0.4 is 4.74 Å². The molecule has 1 aromatic heterocycles. The van der Waals surface area contributed by atoms with Crippen LogP contribution in [0.5, 0.6) is 5.88 Å². The Labute approximate surface area is 140 Å². The molecule has 5 nitrogen and oxygen atoms in total. The first kappa shape index (κ1) is 15.9. The minimum absolute atomic E-state index is 0.0239. The number of fused-ring (bicyclic) bond motifs is 1. The number of amides is 1. The quantitative estimate of drug-likeness (QED) is 0.739. The van der Waals surface area contributed by atoms with E-state index < -0.39 is 0 Å². The lowest BCUT2D eigenvalue weighted by atomic mass is 10.0. The summed E-state index contributed by atoms with van der Waals surface area (Å²) < 4.78 is 5.56. The predicted molar refractivity (Wildman–Crippen MR) is 94.2 cm³/mol. The standard InChI is InChI=1S/C19H19N3O2/c1-4-24-18-16-8-6-5-7-15(16)17(20-21-18)13-9-11-14(12-10-13)19(23)22(2)3/h5-12H,4H2,1-3H3. The molecule has 0 aliphatic carbocycles. The van der Waals surface area contributed by atoms with Crippen molar-refractivity contribution >= 4 is 16.7 Å². The van der Waals surface area contributed by atoms with Crippen molar-refractivity contribution in [2.24, 2.45) is 0 Å². The van der Waals surface area contributed by atoms with E-state index in [1.54, 1.807) is 19.0 Å². The van der Waals surface area contributed by atoms with Gasteiger partial charge in [-0.1, -0.05) is 30.3 Å². The van der Waals surface area contributed by atoms with Gasteiger partial charge in [0.25, 0.3) is 5.91 Å². The monoisotopic (exact) mass is 321 g/mol. The highest BCUT2D eigenvalue weighted by atomic mass is 16.5. The fourth-order valence-corrected chi connectivity index (χ4v) is 2.56. The first-order valence-corrected chi connectivity index (χ1v) is 7.82. The number of rotatable bonds is 4. The van der Waals surface area contributed by atoms with Crippen LogP contribution in [-0.4, -0.2) is 41.7 Å². The van der Waals surface area contributed by atoms with Crippen molar-refractivity contribution in [2.45, 2.75) is 6.92 Å². The lowest BCUT2D eigenvalue weighted by molar-refractivity contribution is 0.0827. The number of hydrogen-bond acceptors (Lipinski definition) is 4. The topological polar surface area (TPSA) is 55.3 Å². The second-order valence-electron chi connectivity index (χ2n) is 5.61. The molecule has 5 heteroatoms. The number of benzene rings is 2. The van der Waals surface area contributed by atoms with Gasteiger partial charge in [0.1, 0.15) is 5.69 Å². The second kappa shape index (κ2) is 6.66. The molecule has 0 aliphatic rings. The summed E-state index contributed by atoms with van der Waals surface area (Å²) in [6.45, 7) is 2.46. The van der Waals surface area contributed by atoms with Gasteiger partial charge in [0.2, 0.25) is 5.88 Å². The lowest BCUT2D eigenvalue weighted by Gasteiger charge is -2.12. The van der Waals surface area contributed by atoms with Crippen LogP contribution in [0.1, 0.15) is 17.3 Å². The van der Waals surface area contributed by atoms with Gasteiger partial charge in [0, 0.05) is 36.0 Å². The average Bonchev–Trinajstić information content (AvgIpc) is 2.62. The average molecular weight is 321 g/mol. The van der Waals surface area contributed by atoms with Crippen LogP contribution in [0.2, 0.25) is 0 Å². The van der Waals surface area contributed by atoms with E-state index in [4.69, 9.17) is 4.74 Å². The molecule has 0 saturated heterocycles. The highest BCUT2D eigenvalue weighted by molar-refractivity contribution is 5.98. The van der Waals surface area contributed by atoms with Crippen molar-refractivity contribution in [1.82, 2.24) is 15.1 Å². The SMILES string of the molecule is CCOc1nnc(-c2ccc(C(=O)N(C)C)cc2)c2ccccc12. The van der Waals surface area contributed by atoms with Gasteiger partial charge >= 0.3 is 0 Å². The maximum absolute atomic E-state index is 12.0. The van der Waals surface area contributed by atoms with E-state index in [0.29, 0.717) is 18.1 Å². The van der Waals surface area contributed by atoms with Crippen LogP contribution in [0.15, 0.2) is 48.5 Å². The van der Waals surface area contributed by atoms with Crippen molar-refractivity contribution in [3.05, 3.63) is 54.1 Å². The molecule has 0 atom stereocenters. The summed E-state index contributed by atoms with van der Waals surface area (Å²) in [6.07, 6.45) is 0. The van der Waals surface area contributed by atoms with E-state index in [1.807, 2.05) is 55.5 Å². The zero-order chi connectivity index (χ0) is 17.1. The fourth-order valence-electron chi connectivity index (χ4n) is 2.56. The number of hydrogen-bond donors (Lipinski definition) is 0. The van der Waals surface area contributed by atoms with Gasteiger partial charge in [-0.2, -0.15) is 0 Å². The Morgan fingerprint density at radius 1 is 1.00 bits per heavy atom. The third kappa shape index (κ3) is 2.93. The number of nitrogens with zero attached hydrogens (tertiary/aromatic N) is 3. The summed E-state index contributed by atoms with van der Waals surface area (Å²) in [5.41, 5.74) is 2.34. The molecular weight excluding hydrogens is 302 g/mol. The van der Waals surface area contributed by atoms with E-state index >= 15 is 0 Å². The number of carbonyl (C=O) groups excluding carboxylic acids is 1. The predicted octanol–water partition coefficient (Wildman–Crippen LogP) is 3.40. The van der Waals surface area contributed by atoms with Crippen LogP contribution in [0, 0.1) is 0 Å². The Morgan fingerprint density at radius 3 is 2.29 bits per heavy atom. The Hall–Kier alpha value is -2.95. The molecule has 3 aromatic rings. The molecule has 0 unspecified atom stereocenters. The molecule has 24 heavy (non-hydrogen) atoms. The van der Waals surface area contributed by atoms with Crippen molar-refractivity contribution < 1.29 is 9.53 Å². The van der Waals surface area contributed by atoms with E-state index in [1.165, 1.54) is 0 Å². The molecule has 0 saturated carbocycles. The summed E-state index contributed by atoms with van der Waals surface area (Å²) in [6, 6.07) is 15.3. The normalized spacial score (nSPS) is 10.6. The third-order valence-electron chi connectivity index (χ3n) is 3.75. The van der Waals surface area contributed by atoms with Crippen LogP contribution in [0.25, 0.3) is 22.0 Å². The summed E-state index contributed by atoms with van der Waals surface area (Å²) in [7, 11) is 3.48. The smallest absolute Gasteiger partial charge is 0.253 e. The molecule has 1 heterocycles. The maximum atomic E-state index is 12.0. The van der Waals surface area contributed by atoms with Crippen molar-refractivity contribution in [2.75, 3.05) is 20.7 Å². The maximum Gasteiger partial charge on any atom is 0.253 e. The van der Waals surface area contributed by atoms with Gasteiger partial charge in [0.15, 0.2) is 0 Å². The minimum Gasteiger partial charge on any atom is -0.476 e. The Balaban J connectivity index is 2.07. The van der Waals surface area contributed by atoms with Crippen LogP contribution in [0.3, 0.4) is 0 Å². The van der Waals surface area contributed by atoms with Gasteiger partial charge in [-0.3, -0.25) is 4.79 Å². The van der Waals surface area contributed by atoms with Gasteiger partial charge in [-0.25, -0.2) is 0 Å². The Bertz CT molecular complexity index is 873. The molecule has 3 rings (SSSR count). The molecule has 0 aliphatic heterocycles. The molecule has 0 bridgehead atoms.